The first kappa shape index (κ1) is 13.9. The van der Waals surface area contributed by atoms with Crippen molar-refractivity contribution in [2.45, 2.75) is 25.8 Å². The summed E-state index contributed by atoms with van der Waals surface area (Å²) in [5, 5.41) is 3.16. The first-order valence-electron chi connectivity index (χ1n) is 6.07. The number of rotatable bonds is 6. The highest BCUT2D eigenvalue weighted by atomic mass is 32.1. The molecular weight excluding hydrogens is 260 g/mol. The van der Waals surface area contributed by atoms with E-state index in [0.717, 1.165) is 29.1 Å². The van der Waals surface area contributed by atoms with Crippen molar-refractivity contribution < 1.29 is 4.74 Å². The second-order valence-electron chi connectivity index (χ2n) is 4.34. The summed E-state index contributed by atoms with van der Waals surface area (Å²) in [5.74, 6) is 6.23. The number of pyridine rings is 1. The summed E-state index contributed by atoms with van der Waals surface area (Å²) in [6, 6.07) is 4.01. The van der Waals surface area contributed by atoms with Crippen LogP contribution in [0, 0.1) is 6.92 Å². The summed E-state index contributed by atoms with van der Waals surface area (Å²) >= 11 is 1.66. The molecule has 0 saturated heterocycles. The lowest BCUT2D eigenvalue weighted by Crippen LogP contribution is -2.38. The molecule has 0 radical (unpaired) electrons. The molecule has 6 heteroatoms. The lowest BCUT2D eigenvalue weighted by atomic mass is 10.0. The van der Waals surface area contributed by atoms with Crippen molar-refractivity contribution in [3.8, 4) is 5.88 Å². The molecule has 0 fully saturated rings. The second-order valence-corrected chi connectivity index (χ2v) is 5.40. The van der Waals surface area contributed by atoms with Gasteiger partial charge in [0.05, 0.1) is 17.8 Å². The lowest BCUT2D eigenvalue weighted by molar-refractivity contribution is 0.397. The molecule has 2 heterocycles. The molecule has 0 saturated carbocycles. The first-order chi connectivity index (χ1) is 9.21. The van der Waals surface area contributed by atoms with Crippen molar-refractivity contribution in [2.75, 3.05) is 7.11 Å². The zero-order valence-corrected chi connectivity index (χ0v) is 11.9. The quantitative estimate of drug-likeness (QED) is 0.618. The molecule has 2 aromatic heterocycles. The SMILES string of the molecule is COc1ccc(CC(Cc2csc(C)n2)NN)cn1. The third kappa shape index (κ3) is 3.99. The fourth-order valence-corrected chi connectivity index (χ4v) is 2.51. The van der Waals surface area contributed by atoms with Gasteiger partial charge in [-0.25, -0.2) is 9.97 Å². The average Bonchev–Trinajstić information content (AvgIpc) is 2.84. The van der Waals surface area contributed by atoms with E-state index in [4.69, 9.17) is 10.6 Å². The van der Waals surface area contributed by atoms with Crippen LogP contribution < -0.4 is 16.0 Å². The Morgan fingerprint density at radius 1 is 1.42 bits per heavy atom. The van der Waals surface area contributed by atoms with Crippen molar-refractivity contribution in [1.29, 1.82) is 0 Å². The monoisotopic (exact) mass is 278 g/mol. The maximum atomic E-state index is 5.61. The number of hydrogen-bond donors (Lipinski definition) is 2. The fraction of sp³-hybridized carbons (Fsp3) is 0.385. The van der Waals surface area contributed by atoms with Crippen molar-refractivity contribution in [2.24, 2.45) is 5.84 Å². The van der Waals surface area contributed by atoms with E-state index in [9.17, 15) is 0 Å². The Morgan fingerprint density at radius 2 is 2.26 bits per heavy atom. The van der Waals surface area contributed by atoms with Crippen LogP contribution in [0.15, 0.2) is 23.7 Å². The topological polar surface area (TPSA) is 73.1 Å². The Balaban J connectivity index is 1.97. The van der Waals surface area contributed by atoms with E-state index in [1.54, 1.807) is 18.4 Å². The predicted molar refractivity (Wildman–Crippen MR) is 76.2 cm³/mol. The Kier molecular flexibility index (Phi) is 4.84. The minimum Gasteiger partial charge on any atom is -0.481 e. The van der Waals surface area contributed by atoms with Gasteiger partial charge in [-0.15, -0.1) is 11.3 Å². The van der Waals surface area contributed by atoms with Gasteiger partial charge in [0, 0.05) is 30.1 Å². The van der Waals surface area contributed by atoms with Gasteiger partial charge < -0.3 is 4.74 Å². The van der Waals surface area contributed by atoms with Crippen molar-refractivity contribution in [3.05, 3.63) is 40.0 Å². The van der Waals surface area contributed by atoms with Crippen LogP contribution in [0.5, 0.6) is 5.88 Å². The molecule has 0 aliphatic heterocycles. The lowest BCUT2D eigenvalue weighted by Gasteiger charge is -2.14. The number of hydrogen-bond acceptors (Lipinski definition) is 6. The normalized spacial score (nSPS) is 12.4. The molecule has 0 aliphatic rings. The van der Waals surface area contributed by atoms with Gasteiger partial charge in [0.25, 0.3) is 0 Å². The molecule has 5 nitrogen and oxygen atoms in total. The average molecular weight is 278 g/mol. The molecule has 0 spiro atoms. The first-order valence-corrected chi connectivity index (χ1v) is 6.95. The van der Waals surface area contributed by atoms with E-state index in [1.807, 2.05) is 25.3 Å². The van der Waals surface area contributed by atoms with Crippen LogP contribution in [0.3, 0.4) is 0 Å². The van der Waals surface area contributed by atoms with Crippen LogP contribution in [0.25, 0.3) is 0 Å². The summed E-state index contributed by atoms with van der Waals surface area (Å²) in [5.41, 5.74) is 5.04. The van der Waals surface area contributed by atoms with E-state index in [0.29, 0.717) is 5.88 Å². The number of aryl methyl sites for hydroxylation is 1. The molecule has 19 heavy (non-hydrogen) atoms. The van der Waals surface area contributed by atoms with Gasteiger partial charge in [-0.3, -0.25) is 11.3 Å². The number of nitrogens with one attached hydrogen (secondary N) is 1. The maximum Gasteiger partial charge on any atom is 0.212 e. The van der Waals surface area contributed by atoms with Crippen molar-refractivity contribution in [3.63, 3.8) is 0 Å². The van der Waals surface area contributed by atoms with Crippen LogP contribution in [0.1, 0.15) is 16.3 Å². The van der Waals surface area contributed by atoms with Crippen molar-refractivity contribution >= 4 is 11.3 Å². The number of nitrogens with zero attached hydrogens (tertiary/aromatic N) is 2. The largest absolute Gasteiger partial charge is 0.481 e. The number of ether oxygens (including phenoxy) is 1. The van der Waals surface area contributed by atoms with Crippen LogP contribution in [0.4, 0.5) is 0 Å². The zero-order valence-electron chi connectivity index (χ0n) is 11.1. The third-order valence-electron chi connectivity index (χ3n) is 2.85. The molecule has 2 rings (SSSR count). The van der Waals surface area contributed by atoms with Gasteiger partial charge in [-0.2, -0.15) is 0 Å². The molecule has 0 amide bonds. The van der Waals surface area contributed by atoms with Crippen LogP contribution in [-0.4, -0.2) is 23.1 Å². The molecular formula is C13H18N4OS. The van der Waals surface area contributed by atoms with Crippen LogP contribution in [-0.2, 0) is 12.8 Å². The standard InChI is InChI=1S/C13H18N4OS/c1-9-16-12(8-19-9)6-11(17-14)5-10-3-4-13(18-2)15-7-10/h3-4,7-8,11,17H,5-6,14H2,1-2H3. The van der Waals surface area contributed by atoms with Gasteiger partial charge in [0.15, 0.2) is 0 Å². The highest BCUT2D eigenvalue weighted by molar-refractivity contribution is 7.09. The summed E-state index contributed by atoms with van der Waals surface area (Å²) in [7, 11) is 1.61. The zero-order chi connectivity index (χ0) is 13.7. The summed E-state index contributed by atoms with van der Waals surface area (Å²) < 4.78 is 5.04. The number of nitrogens with two attached hydrogens (primary N) is 1. The summed E-state index contributed by atoms with van der Waals surface area (Å²) in [6.07, 6.45) is 3.44. The van der Waals surface area contributed by atoms with Crippen molar-refractivity contribution in [1.82, 2.24) is 15.4 Å². The summed E-state index contributed by atoms with van der Waals surface area (Å²) in [6.45, 7) is 2.01. The number of hydrazine groups is 1. The van der Waals surface area contributed by atoms with Gasteiger partial charge in [0.2, 0.25) is 5.88 Å². The second kappa shape index (κ2) is 6.60. The Morgan fingerprint density at radius 3 is 2.79 bits per heavy atom. The van der Waals surface area contributed by atoms with E-state index < -0.39 is 0 Å². The smallest absolute Gasteiger partial charge is 0.212 e. The predicted octanol–water partition coefficient (Wildman–Crippen LogP) is 1.47. The number of methoxy groups -OCH3 is 1. The number of aromatic nitrogens is 2. The molecule has 1 unspecified atom stereocenters. The minimum atomic E-state index is 0.150. The third-order valence-corrected chi connectivity index (χ3v) is 3.67. The molecule has 0 aliphatic carbocycles. The molecule has 1 atom stereocenters. The van der Waals surface area contributed by atoms with Crippen LogP contribution in [0.2, 0.25) is 0 Å². The van der Waals surface area contributed by atoms with E-state index in [-0.39, 0.29) is 6.04 Å². The summed E-state index contributed by atoms with van der Waals surface area (Å²) in [4.78, 5) is 8.65. The number of thiazole rings is 1. The highest BCUT2D eigenvalue weighted by Gasteiger charge is 2.11. The van der Waals surface area contributed by atoms with Gasteiger partial charge in [0.1, 0.15) is 0 Å². The molecule has 102 valence electrons. The molecule has 0 bridgehead atoms. The minimum absolute atomic E-state index is 0.150. The molecule has 2 aromatic rings. The molecule has 0 aromatic carbocycles. The van der Waals surface area contributed by atoms with E-state index in [1.165, 1.54) is 0 Å². The Labute approximate surface area is 116 Å². The van der Waals surface area contributed by atoms with E-state index >= 15 is 0 Å². The van der Waals surface area contributed by atoms with Gasteiger partial charge >= 0.3 is 0 Å². The Bertz CT molecular complexity index is 512. The Hall–Kier alpha value is -1.50. The van der Waals surface area contributed by atoms with E-state index in [2.05, 4.69) is 20.8 Å². The highest BCUT2D eigenvalue weighted by Crippen LogP contribution is 2.13. The van der Waals surface area contributed by atoms with Gasteiger partial charge in [-0.1, -0.05) is 6.07 Å². The molecule has 3 N–H and O–H groups in total. The van der Waals surface area contributed by atoms with Crippen LogP contribution >= 0.6 is 11.3 Å². The van der Waals surface area contributed by atoms with Gasteiger partial charge in [-0.05, 0) is 18.9 Å². The maximum absolute atomic E-state index is 5.61. The fourth-order valence-electron chi connectivity index (χ4n) is 1.88.